The van der Waals surface area contributed by atoms with E-state index in [4.69, 9.17) is 16.0 Å². The lowest BCUT2D eigenvalue weighted by Gasteiger charge is -2.22. The van der Waals surface area contributed by atoms with E-state index in [9.17, 15) is 4.79 Å². The SMILES string of the molecule is O=C(CCCCCl)NC1CCCc2occc21. The van der Waals surface area contributed by atoms with Crippen LogP contribution in [0.1, 0.15) is 49.5 Å². The number of carbonyl (C=O) groups excluding carboxylic acids is 1. The lowest BCUT2D eigenvalue weighted by Crippen LogP contribution is -2.30. The van der Waals surface area contributed by atoms with Crippen LogP contribution in [-0.4, -0.2) is 11.8 Å². The number of carbonyl (C=O) groups is 1. The highest BCUT2D eigenvalue weighted by Gasteiger charge is 2.23. The fourth-order valence-electron chi connectivity index (χ4n) is 2.28. The van der Waals surface area contributed by atoms with Gasteiger partial charge >= 0.3 is 0 Å². The number of fused-ring (bicyclic) bond motifs is 1. The fraction of sp³-hybridized carbons (Fsp3) is 0.615. The molecule has 0 spiro atoms. The van der Waals surface area contributed by atoms with Crippen molar-refractivity contribution in [3.63, 3.8) is 0 Å². The Hall–Kier alpha value is -0.960. The largest absolute Gasteiger partial charge is 0.469 e. The first-order valence-corrected chi connectivity index (χ1v) is 6.76. The maximum Gasteiger partial charge on any atom is 0.220 e. The van der Waals surface area contributed by atoms with Crippen molar-refractivity contribution in [1.29, 1.82) is 0 Å². The first-order chi connectivity index (χ1) is 8.31. The number of halogens is 1. The molecular formula is C13H18ClNO2. The van der Waals surface area contributed by atoms with Gasteiger partial charge in [-0.1, -0.05) is 0 Å². The van der Waals surface area contributed by atoms with E-state index in [2.05, 4.69) is 5.32 Å². The third kappa shape index (κ3) is 3.25. The highest BCUT2D eigenvalue weighted by Crippen LogP contribution is 2.30. The van der Waals surface area contributed by atoms with Crippen molar-refractivity contribution in [2.75, 3.05) is 5.88 Å². The standard InChI is InChI=1S/C13H18ClNO2/c14-8-2-1-6-13(16)15-11-4-3-5-12-10(11)7-9-17-12/h7,9,11H,1-6,8H2,(H,15,16). The molecule has 0 aliphatic heterocycles. The molecular weight excluding hydrogens is 238 g/mol. The molecule has 1 aromatic heterocycles. The van der Waals surface area contributed by atoms with Gasteiger partial charge in [0.2, 0.25) is 5.91 Å². The van der Waals surface area contributed by atoms with Gasteiger partial charge in [-0.15, -0.1) is 11.6 Å². The molecule has 4 heteroatoms. The van der Waals surface area contributed by atoms with E-state index in [0.29, 0.717) is 12.3 Å². The van der Waals surface area contributed by atoms with Crippen LogP contribution in [0.3, 0.4) is 0 Å². The van der Waals surface area contributed by atoms with Gasteiger partial charge in [-0.2, -0.15) is 0 Å². The van der Waals surface area contributed by atoms with Crippen molar-refractivity contribution in [2.45, 2.75) is 44.6 Å². The molecule has 1 heterocycles. The number of amides is 1. The zero-order valence-electron chi connectivity index (χ0n) is 9.88. The van der Waals surface area contributed by atoms with Crippen LogP contribution in [0.15, 0.2) is 16.7 Å². The summed E-state index contributed by atoms with van der Waals surface area (Å²) in [6.45, 7) is 0. The van der Waals surface area contributed by atoms with Crippen LogP contribution >= 0.6 is 11.6 Å². The van der Waals surface area contributed by atoms with Gasteiger partial charge in [0.25, 0.3) is 0 Å². The molecule has 1 aliphatic rings. The van der Waals surface area contributed by atoms with Crippen LogP contribution < -0.4 is 5.32 Å². The van der Waals surface area contributed by atoms with E-state index in [-0.39, 0.29) is 11.9 Å². The minimum atomic E-state index is 0.120. The van der Waals surface area contributed by atoms with E-state index in [1.54, 1.807) is 6.26 Å². The van der Waals surface area contributed by atoms with Gasteiger partial charge in [0.1, 0.15) is 5.76 Å². The Bertz CT molecular complexity index is 375. The Morgan fingerprint density at radius 2 is 2.41 bits per heavy atom. The predicted molar refractivity (Wildman–Crippen MR) is 67.1 cm³/mol. The zero-order chi connectivity index (χ0) is 12.1. The second-order valence-electron chi connectivity index (χ2n) is 4.46. The monoisotopic (exact) mass is 255 g/mol. The summed E-state index contributed by atoms with van der Waals surface area (Å²) in [7, 11) is 0. The summed E-state index contributed by atoms with van der Waals surface area (Å²) < 4.78 is 5.40. The second-order valence-corrected chi connectivity index (χ2v) is 4.84. The molecule has 1 aliphatic carbocycles. The molecule has 1 unspecified atom stereocenters. The molecule has 2 rings (SSSR count). The number of nitrogens with one attached hydrogen (secondary N) is 1. The van der Waals surface area contributed by atoms with Crippen LogP contribution in [0.25, 0.3) is 0 Å². The van der Waals surface area contributed by atoms with E-state index in [1.165, 1.54) is 0 Å². The number of aryl methyl sites for hydroxylation is 1. The van der Waals surface area contributed by atoms with Crippen molar-refractivity contribution in [3.8, 4) is 0 Å². The van der Waals surface area contributed by atoms with Gasteiger partial charge < -0.3 is 9.73 Å². The number of hydrogen-bond donors (Lipinski definition) is 1. The lowest BCUT2D eigenvalue weighted by atomic mass is 9.93. The zero-order valence-corrected chi connectivity index (χ0v) is 10.6. The minimum Gasteiger partial charge on any atom is -0.469 e. The number of furan rings is 1. The third-order valence-electron chi connectivity index (χ3n) is 3.17. The van der Waals surface area contributed by atoms with Crippen LogP contribution in [0.4, 0.5) is 0 Å². The van der Waals surface area contributed by atoms with Gasteiger partial charge in [0.15, 0.2) is 0 Å². The molecule has 1 atom stereocenters. The normalized spacial score (nSPS) is 18.8. The third-order valence-corrected chi connectivity index (χ3v) is 3.44. The molecule has 1 N–H and O–H groups in total. The smallest absolute Gasteiger partial charge is 0.220 e. The minimum absolute atomic E-state index is 0.120. The molecule has 0 radical (unpaired) electrons. The van der Waals surface area contributed by atoms with Crippen LogP contribution in [-0.2, 0) is 11.2 Å². The van der Waals surface area contributed by atoms with Gasteiger partial charge in [-0.3, -0.25) is 4.79 Å². The number of rotatable bonds is 5. The average Bonchev–Trinajstić information content (AvgIpc) is 2.78. The van der Waals surface area contributed by atoms with E-state index in [0.717, 1.165) is 43.4 Å². The molecule has 0 fully saturated rings. The Labute approximate surface area is 107 Å². The van der Waals surface area contributed by atoms with Crippen molar-refractivity contribution in [3.05, 3.63) is 23.7 Å². The summed E-state index contributed by atoms with van der Waals surface area (Å²) in [4.78, 5) is 11.7. The number of hydrogen-bond acceptors (Lipinski definition) is 2. The summed E-state index contributed by atoms with van der Waals surface area (Å²) in [5.41, 5.74) is 1.15. The Morgan fingerprint density at radius 3 is 3.24 bits per heavy atom. The van der Waals surface area contributed by atoms with Crippen molar-refractivity contribution < 1.29 is 9.21 Å². The maximum absolute atomic E-state index is 11.7. The predicted octanol–water partition coefficient (Wildman–Crippen LogP) is 3.18. The van der Waals surface area contributed by atoms with E-state index >= 15 is 0 Å². The Morgan fingerprint density at radius 1 is 1.53 bits per heavy atom. The van der Waals surface area contributed by atoms with Crippen molar-refractivity contribution in [1.82, 2.24) is 5.32 Å². The molecule has 1 amide bonds. The van der Waals surface area contributed by atoms with E-state index < -0.39 is 0 Å². The molecule has 17 heavy (non-hydrogen) atoms. The Kier molecular flexibility index (Phi) is 4.49. The topological polar surface area (TPSA) is 42.2 Å². The van der Waals surface area contributed by atoms with Crippen molar-refractivity contribution >= 4 is 17.5 Å². The molecule has 3 nitrogen and oxygen atoms in total. The number of alkyl halides is 1. The molecule has 1 aromatic rings. The first-order valence-electron chi connectivity index (χ1n) is 6.23. The first kappa shape index (κ1) is 12.5. The van der Waals surface area contributed by atoms with Gasteiger partial charge in [-0.05, 0) is 31.7 Å². The fourth-order valence-corrected chi connectivity index (χ4v) is 2.47. The van der Waals surface area contributed by atoms with Crippen LogP contribution in [0.2, 0.25) is 0 Å². The van der Waals surface area contributed by atoms with Gasteiger partial charge in [-0.25, -0.2) is 0 Å². The Balaban J connectivity index is 1.86. The molecule has 94 valence electrons. The molecule has 0 saturated carbocycles. The van der Waals surface area contributed by atoms with Crippen LogP contribution in [0.5, 0.6) is 0 Å². The molecule has 0 aromatic carbocycles. The molecule has 0 saturated heterocycles. The summed E-state index contributed by atoms with van der Waals surface area (Å²) in [5.74, 6) is 1.78. The van der Waals surface area contributed by atoms with Gasteiger partial charge in [0, 0.05) is 24.3 Å². The summed E-state index contributed by atoms with van der Waals surface area (Å²) >= 11 is 5.59. The number of unbranched alkanes of at least 4 members (excludes halogenated alkanes) is 1. The lowest BCUT2D eigenvalue weighted by molar-refractivity contribution is -0.122. The molecule has 0 bridgehead atoms. The maximum atomic E-state index is 11.7. The highest BCUT2D eigenvalue weighted by atomic mass is 35.5. The second kappa shape index (κ2) is 6.10. The quantitative estimate of drug-likeness (QED) is 0.649. The van der Waals surface area contributed by atoms with Crippen molar-refractivity contribution in [2.24, 2.45) is 0 Å². The average molecular weight is 256 g/mol. The summed E-state index contributed by atoms with van der Waals surface area (Å²) in [5, 5.41) is 3.08. The van der Waals surface area contributed by atoms with E-state index in [1.807, 2.05) is 6.07 Å². The van der Waals surface area contributed by atoms with Gasteiger partial charge in [0.05, 0.1) is 12.3 Å². The van der Waals surface area contributed by atoms with Crippen LogP contribution in [0, 0.1) is 0 Å². The summed E-state index contributed by atoms with van der Waals surface area (Å²) in [6, 6.07) is 2.11. The highest BCUT2D eigenvalue weighted by molar-refractivity contribution is 6.17. The summed E-state index contributed by atoms with van der Waals surface area (Å²) in [6.07, 6.45) is 7.11.